The Labute approximate surface area is 386 Å². The van der Waals surface area contributed by atoms with Crippen molar-refractivity contribution in [3.05, 3.63) is 192 Å². The number of hydrogen-bond acceptors (Lipinski definition) is 13. The molecule has 344 valence electrons. The number of esters is 3. The summed E-state index contributed by atoms with van der Waals surface area (Å²) in [6.07, 6.45) is -10.1. The lowest BCUT2D eigenvalue weighted by molar-refractivity contribution is -0.325. The van der Waals surface area contributed by atoms with E-state index in [1.807, 2.05) is 72.8 Å². The van der Waals surface area contributed by atoms with Crippen LogP contribution in [0.15, 0.2) is 164 Å². The van der Waals surface area contributed by atoms with Crippen molar-refractivity contribution < 1.29 is 61.8 Å². The first kappa shape index (κ1) is 45.4. The summed E-state index contributed by atoms with van der Waals surface area (Å²) in [5, 5.41) is 4.94. The van der Waals surface area contributed by atoms with Gasteiger partial charge in [-0.1, -0.05) is 121 Å². The van der Waals surface area contributed by atoms with Crippen LogP contribution in [0.3, 0.4) is 0 Å². The normalized spacial score (nSPS) is 25.4. The molecule has 10 atom stereocenters. The minimum absolute atomic E-state index is 0.0147. The summed E-state index contributed by atoms with van der Waals surface area (Å²) < 4.78 is 57.9. The molecular formula is C53H49NO13. The first-order chi connectivity index (χ1) is 32.8. The fourth-order valence-electron chi connectivity index (χ4n) is 8.49. The molecule has 3 aliphatic rings. The predicted octanol–water partition coefficient (Wildman–Crippen LogP) is 6.99. The fourth-order valence-corrected chi connectivity index (χ4v) is 8.49. The van der Waals surface area contributed by atoms with Crippen LogP contribution in [0.2, 0.25) is 0 Å². The number of carbonyl (C=O) groups is 4. The molecule has 3 saturated heterocycles. The molecule has 0 unspecified atom stereocenters. The van der Waals surface area contributed by atoms with E-state index in [-0.39, 0.29) is 32.0 Å². The minimum Gasteiger partial charge on any atom is -0.459 e. The zero-order chi connectivity index (χ0) is 46.1. The first-order valence-corrected chi connectivity index (χ1v) is 22.1. The molecular weight excluding hydrogens is 859 g/mol. The highest BCUT2D eigenvalue weighted by atomic mass is 16.8. The van der Waals surface area contributed by atoms with E-state index in [9.17, 15) is 19.2 Å². The van der Waals surface area contributed by atoms with Crippen LogP contribution in [-0.4, -0.2) is 98.4 Å². The monoisotopic (exact) mass is 907 g/mol. The third-order valence-corrected chi connectivity index (χ3v) is 11.8. The van der Waals surface area contributed by atoms with Crippen molar-refractivity contribution in [2.45, 2.75) is 81.5 Å². The molecule has 2 bridgehead atoms. The summed E-state index contributed by atoms with van der Waals surface area (Å²) in [6.45, 7) is 1.06. The Morgan fingerprint density at radius 3 is 1.75 bits per heavy atom. The third kappa shape index (κ3) is 10.9. The van der Waals surface area contributed by atoms with Crippen LogP contribution in [0.5, 0.6) is 0 Å². The lowest BCUT2D eigenvalue weighted by Gasteiger charge is -2.48. The summed E-state index contributed by atoms with van der Waals surface area (Å²) in [5.41, 5.74) is 2.46. The van der Waals surface area contributed by atoms with Gasteiger partial charge < -0.3 is 47.9 Å². The summed E-state index contributed by atoms with van der Waals surface area (Å²) >= 11 is 0. The average molecular weight is 908 g/mol. The number of nitrogens with one attached hydrogen (secondary N) is 1. The van der Waals surface area contributed by atoms with Gasteiger partial charge in [-0.2, -0.15) is 0 Å². The number of rotatable bonds is 16. The van der Waals surface area contributed by atoms with Crippen molar-refractivity contribution in [3.63, 3.8) is 0 Å². The molecule has 3 heterocycles. The second-order valence-corrected chi connectivity index (χ2v) is 16.4. The summed E-state index contributed by atoms with van der Waals surface area (Å²) in [6, 6.07) is 47.3. The molecule has 0 radical (unpaired) electrons. The standard InChI is InChI=1S/C53H49NO13/c1-33(55)54-43-46(65-50(57)38-21-10-4-11-22-38)44(59-30-35-26-27-36-18-14-15-25-40(36)28-35)41(31-61-49(56)37-19-8-3-9-20-37)63-52(43)67-45-42-32-62-53(64-42)48(66-51(58)39-23-12-5-13-24-39)47(45)60-29-34-16-6-2-7-17-34/h2-28,41-48,52-53H,29-32H2,1H3,(H,54,55)/t41-,42+,43-,44-,45-,46-,47+,48-,52-,53+/m1/s1. The van der Waals surface area contributed by atoms with Gasteiger partial charge in [-0.25, -0.2) is 14.4 Å². The fraction of sp³-hybridized carbons (Fsp3) is 0.283. The maximum atomic E-state index is 14.1. The second-order valence-electron chi connectivity index (χ2n) is 16.4. The average Bonchev–Trinajstić information content (AvgIpc) is 3.81. The van der Waals surface area contributed by atoms with Gasteiger partial charge in [0, 0.05) is 6.92 Å². The Balaban J connectivity index is 1.08. The summed E-state index contributed by atoms with van der Waals surface area (Å²) in [5.74, 6) is -2.49. The van der Waals surface area contributed by atoms with Crippen LogP contribution in [0, 0.1) is 0 Å². The van der Waals surface area contributed by atoms with Crippen molar-refractivity contribution in [2.24, 2.45) is 0 Å². The highest BCUT2D eigenvalue weighted by Gasteiger charge is 2.58. The number of amides is 1. The van der Waals surface area contributed by atoms with Gasteiger partial charge in [0.2, 0.25) is 5.91 Å². The lowest BCUT2D eigenvalue weighted by atomic mass is 9.94. The van der Waals surface area contributed by atoms with E-state index < -0.39 is 85.2 Å². The smallest absolute Gasteiger partial charge is 0.338 e. The molecule has 6 aromatic rings. The first-order valence-electron chi connectivity index (χ1n) is 22.1. The van der Waals surface area contributed by atoms with E-state index in [1.165, 1.54) is 6.92 Å². The quantitative estimate of drug-likeness (QED) is 0.0782. The highest BCUT2D eigenvalue weighted by molar-refractivity contribution is 5.90. The van der Waals surface area contributed by atoms with Crippen molar-refractivity contribution >= 4 is 34.6 Å². The number of fused-ring (bicyclic) bond motifs is 3. The summed E-state index contributed by atoms with van der Waals surface area (Å²) in [7, 11) is 0. The van der Waals surface area contributed by atoms with Crippen LogP contribution in [0.25, 0.3) is 10.8 Å². The minimum atomic E-state index is -1.45. The summed E-state index contributed by atoms with van der Waals surface area (Å²) in [4.78, 5) is 54.6. The van der Waals surface area contributed by atoms with Crippen LogP contribution in [0.1, 0.15) is 49.1 Å². The van der Waals surface area contributed by atoms with Gasteiger partial charge in [0.25, 0.3) is 0 Å². The van der Waals surface area contributed by atoms with E-state index in [2.05, 4.69) is 5.32 Å². The Morgan fingerprint density at radius 1 is 0.552 bits per heavy atom. The van der Waals surface area contributed by atoms with Gasteiger partial charge in [-0.3, -0.25) is 4.79 Å². The van der Waals surface area contributed by atoms with Crippen LogP contribution < -0.4 is 5.32 Å². The zero-order valence-corrected chi connectivity index (χ0v) is 36.5. The SMILES string of the molecule is CC(=O)N[C@H]1[C@@H](O[C@H]2[C@H](OCc3ccccc3)[C@@H](OC(=O)c3ccccc3)[C@H]3OC[C@@H]2O3)O[C@H](COC(=O)c2ccccc2)[C@@H](OCc2ccc3ccccc3c2)[C@@H]1OC(=O)c1ccccc1. The predicted molar refractivity (Wildman–Crippen MR) is 241 cm³/mol. The third-order valence-electron chi connectivity index (χ3n) is 11.8. The van der Waals surface area contributed by atoms with Gasteiger partial charge >= 0.3 is 17.9 Å². The molecule has 3 fully saturated rings. The van der Waals surface area contributed by atoms with E-state index in [1.54, 1.807) is 91.0 Å². The van der Waals surface area contributed by atoms with E-state index in [0.29, 0.717) is 11.1 Å². The van der Waals surface area contributed by atoms with Crippen molar-refractivity contribution in [1.29, 1.82) is 0 Å². The van der Waals surface area contributed by atoms with Crippen molar-refractivity contribution in [2.75, 3.05) is 13.2 Å². The van der Waals surface area contributed by atoms with Gasteiger partial charge in [-0.15, -0.1) is 0 Å². The van der Waals surface area contributed by atoms with Crippen molar-refractivity contribution in [1.82, 2.24) is 5.32 Å². The maximum absolute atomic E-state index is 14.1. The molecule has 0 aliphatic carbocycles. The Morgan fingerprint density at radius 2 is 1.10 bits per heavy atom. The Kier molecular flexibility index (Phi) is 14.4. The number of ether oxygens (including phenoxy) is 9. The van der Waals surface area contributed by atoms with Gasteiger partial charge in [0.1, 0.15) is 43.2 Å². The molecule has 14 nitrogen and oxygen atoms in total. The lowest BCUT2D eigenvalue weighted by Crippen LogP contribution is -2.68. The van der Waals surface area contributed by atoms with Gasteiger partial charge in [0.15, 0.2) is 24.8 Å². The Hall–Kier alpha value is -6.78. The van der Waals surface area contributed by atoms with E-state index in [0.717, 1.165) is 21.9 Å². The van der Waals surface area contributed by atoms with Gasteiger partial charge in [-0.05, 0) is 64.4 Å². The molecule has 3 aliphatic heterocycles. The van der Waals surface area contributed by atoms with E-state index >= 15 is 0 Å². The molecule has 67 heavy (non-hydrogen) atoms. The number of benzene rings is 6. The van der Waals surface area contributed by atoms with Gasteiger partial charge in [0.05, 0.1) is 36.5 Å². The number of carbonyl (C=O) groups excluding carboxylic acids is 4. The molecule has 0 aromatic heterocycles. The Bertz CT molecular complexity index is 2620. The molecule has 0 saturated carbocycles. The molecule has 14 heteroatoms. The largest absolute Gasteiger partial charge is 0.459 e. The van der Waals surface area contributed by atoms with E-state index in [4.69, 9.17) is 42.6 Å². The van der Waals surface area contributed by atoms with Crippen LogP contribution in [0.4, 0.5) is 0 Å². The second kappa shape index (κ2) is 21.2. The molecule has 9 rings (SSSR count). The molecule has 1 N–H and O–H groups in total. The topological polar surface area (TPSA) is 163 Å². The van der Waals surface area contributed by atoms with Crippen molar-refractivity contribution in [3.8, 4) is 0 Å². The number of hydrogen-bond donors (Lipinski definition) is 1. The molecule has 0 spiro atoms. The van der Waals surface area contributed by atoms with Crippen LogP contribution >= 0.6 is 0 Å². The zero-order valence-electron chi connectivity index (χ0n) is 36.5. The maximum Gasteiger partial charge on any atom is 0.338 e. The molecule has 6 aromatic carbocycles. The molecule has 1 amide bonds. The highest BCUT2D eigenvalue weighted by Crippen LogP contribution is 2.38. The van der Waals surface area contributed by atoms with Crippen LogP contribution in [-0.2, 0) is 60.6 Å².